The van der Waals surface area contributed by atoms with Crippen LogP contribution in [-0.2, 0) is 16.0 Å². The lowest BCUT2D eigenvalue weighted by Gasteiger charge is -2.47. The highest BCUT2D eigenvalue weighted by atomic mass is 16.2. The standard InChI is InChI=1S/C18H27N5O2/c19-7-1-10-23-16-6-11-22(13-14(16)2-4-18(23)25)17(24)5-3-15-12-20-8-9-21-15/h8-9,12,14,16H,1-7,10-11,13,19H2/t14-,16+/m0/s1. The van der Waals surface area contributed by atoms with Gasteiger partial charge in [-0.1, -0.05) is 0 Å². The monoisotopic (exact) mass is 345 g/mol. The highest BCUT2D eigenvalue weighted by molar-refractivity contribution is 5.78. The number of hydrogen-bond acceptors (Lipinski definition) is 5. The zero-order valence-corrected chi connectivity index (χ0v) is 14.6. The minimum atomic E-state index is 0.175. The second-order valence-corrected chi connectivity index (χ2v) is 6.92. The largest absolute Gasteiger partial charge is 0.342 e. The van der Waals surface area contributed by atoms with Crippen LogP contribution in [0.2, 0.25) is 0 Å². The molecule has 3 rings (SSSR count). The summed E-state index contributed by atoms with van der Waals surface area (Å²) in [5, 5.41) is 0. The predicted octanol–water partition coefficient (Wildman–Crippen LogP) is 0.598. The van der Waals surface area contributed by atoms with E-state index in [1.807, 2.05) is 9.80 Å². The number of carbonyl (C=O) groups excluding carboxylic acids is 2. The Kier molecular flexibility index (Phi) is 5.96. The summed E-state index contributed by atoms with van der Waals surface area (Å²) in [6, 6.07) is 0.275. The van der Waals surface area contributed by atoms with Gasteiger partial charge in [-0.3, -0.25) is 19.6 Å². The third kappa shape index (κ3) is 4.34. The van der Waals surface area contributed by atoms with Crippen molar-refractivity contribution in [2.75, 3.05) is 26.2 Å². The van der Waals surface area contributed by atoms with Gasteiger partial charge < -0.3 is 15.5 Å². The summed E-state index contributed by atoms with van der Waals surface area (Å²) >= 11 is 0. The Morgan fingerprint density at radius 3 is 2.96 bits per heavy atom. The molecule has 1 aromatic rings. The van der Waals surface area contributed by atoms with E-state index in [9.17, 15) is 9.59 Å². The Morgan fingerprint density at radius 2 is 2.20 bits per heavy atom. The van der Waals surface area contributed by atoms with Gasteiger partial charge in [0.15, 0.2) is 0 Å². The third-order valence-corrected chi connectivity index (χ3v) is 5.31. The molecule has 25 heavy (non-hydrogen) atoms. The minimum absolute atomic E-state index is 0.175. The van der Waals surface area contributed by atoms with Crippen molar-refractivity contribution in [1.82, 2.24) is 19.8 Å². The summed E-state index contributed by atoms with van der Waals surface area (Å²) in [6.07, 6.45) is 9.28. The first-order valence-corrected chi connectivity index (χ1v) is 9.21. The van der Waals surface area contributed by atoms with Gasteiger partial charge >= 0.3 is 0 Å². The maximum Gasteiger partial charge on any atom is 0.222 e. The SMILES string of the molecule is NCCCN1C(=O)CC[C@H]2CN(C(=O)CCc3cnccn3)CC[C@H]21. The number of nitrogens with two attached hydrogens (primary N) is 1. The number of amides is 2. The third-order valence-electron chi connectivity index (χ3n) is 5.31. The highest BCUT2D eigenvalue weighted by Crippen LogP contribution is 2.31. The van der Waals surface area contributed by atoms with E-state index in [2.05, 4.69) is 9.97 Å². The first kappa shape index (κ1) is 17.8. The molecule has 0 unspecified atom stereocenters. The first-order valence-electron chi connectivity index (χ1n) is 9.21. The summed E-state index contributed by atoms with van der Waals surface area (Å²) in [6.45, 7) is 2.84. The zero-order valence-electron chi connectivity index (χ0n) is 14.6. The van der Waals surface area contributed by atoms with Crippen molar-refractivity contribution in [3.63, 3.8) is 0 Å². The number of hydrogen-bond donors (Lipinski definition) is 1. The van der Waals surface area contributed by atoms with Crippen molar-refractivity contribution in [3.05, 3.63) is 24.3 Å². The zero-order chi connectivity index (χ0) is 17.6. The Labute approximate surface area is 148 Å². The topological polar surface area (TPSA) is 92.4 Å². The van der Waals surface area contributed by atoms with Gasteiger partial charge in [-0.15, -0.1) is 0 Å². The first-order chi connectivity index (χ1) is 12.2. The molecule has 2 saturated heterocycles. The van der Waals surface area contributed by atoms with E-state index in [-0.39, 0.29) is 17.9 Å². The predicted molar refractivity (Wildman–Crippen MR) is 93.4 cm³/mol. The van der Waals surface area contributed by atoms with Crippen LogP contribution in [0.5, 0.6) is 0 Å². The molecule has 2 atom stereocenters. The van der Waals surface area contributed by atoms with E-state index in [4.69, 9.17) is 5.73 Å². The molecular weight excluding hydrogens is 318 g/mol. The Balaban J connectivity index is 1.53. The van der Waals surface area contributed by atoms with Crippen molar-refractivity contribution in [2.45, 2.75) is 44.6 Å². The number of piperidine rings is 2. The van der Waals surface area contributed by atoms with E-state index < -0.39 is 0 Å². The van der Waals surface area contributed by atoms with Crippen LogP contribution in [0.1, 0.15) is 37.8 Å². The van der Waals surface area contributed by atoms with E-state index >= 15 is 0 Å². The smallest absolute Gasteiger partial charge is 0.222 e. The molecule has 2 fully saturated rings. The van der Waals surface area contributed by atoms with Crippen LogP contribution in [0, 0.1) is 5.92 Å². The van der Waals surface area contributed by atoms with Gasteiger partial charge in [0, 0.05) is 57.1 Å². The Morgan fingerprint density at radius 1 is 1.32 bits per heavy atom. The second-order valence-electron chi connectivity index (χ2n) is 6.92. The fraction of sp³-hybridized carbons (Fsp3) is 0.667. The molecule has 0 aromatic carbocycles. The summed E-state index contributed by atoms with van der Waals surface area (Å²) in [5.41, 5.74) is 6.45. The summed E-state index contributed by atoms with van der Waals surface area (Å²) in [5.74, 6) is 0.816. The Hall–Kier alpha value is -2.02. The van der Waals surface area contributed by atoms with Crippen molar-refractivity contribution < 1.29 is 9.59 Å². The number of carbonyl (C=O) groups is 2. The van der Waals surface area contributed by atoms with Gasteiger partial charge in [0.2, 0.25) is 11.8 Å². The molecule has 2 amide bonds. The van der Waals surface area contributed by atoms with Crippen LogP contribution in [0.25, 0.3) is 0 Å². The van der Waals surface area contributed by atoms with Gasteiger partial charge in [-0.2, -0.15) is 0 Å². The number of aromatic nitrogens is 2. The number of rotatable bonds is 6. The fourth-order valence-corrected chi connectivity index (χ4v) is 3.98. The molecule has 2 aliphatic heterocycles. The van der Waals surface area contributed by atoms with Gasteiger partial charge in [-0.25, -0.2) is 0 Å². The van der Waals surface area contributed by atoms with Gasteiger partial charge in [0.05, 0.1) is 5.69 Å². The van der Waals surface area contributed by atoms with Crippen LogP contribution in [0.3, 0.4) is 0 Å². The van der Waals surface area contributed by atoms with Crippen LogP contribution < -0.4 is 5.73 Å². The molecule has 2 N–H and O–H groups in total. The van der Waals surface area contributed by atoms with Crippen molar-refractivity contribution in [3.8, 4) is 0 Å². The summed E-state index contributed by atoms with van der Waals surface area (Å²) in [4.78, 5) is 37.0. The van der Waals surface area contributed by atoms with Crippen LogP contribution >= 0.6 is 0 Å². The molecule has 0 bridgehead atoms. The van der Waals surface area contributed by atoms with Crippen LogP contribution in [0.4, 0.5) is 0 Å². The molecule has 0 spiro atoms. The molecule has 0 aliphatic carbocycles. The van der Waals surface area contributed by atoms with E-state index in [1.54, 1.807) is 18.6 Å². The summed E-state index contributed by atoms with van der Waals surface area (Å²) < 4.78 is 0. The van der Waals surface area contributed by atoms with E-state index in [1.165, 1.54) is 0 Å². The molecule has 1 aromatic heterocycles. The van der Waals surface area contributed by atoms with Gasteiger partial charge in [0.25, 0.3) is 0 Å². The fourth-order valence-electron chi connectivity index (χ4n) is 3.98. The quantitative estimate of drug-likeness (QED) is 0.815. The van der Waals surface area contributed by atoms with E-state index in [0.717, 1.165) is 44.6 Å². The highest BCUT2D eigenvalue weighted by Gasteiger charge is 2.39. The number of aryl methyl sites for hydroxylation is 1. The number of fused-ring (bicyclic) bond motifs is 1. The average molecular weight is 345 g/mol. The molecule has 2 aliphatic rings. The van der Waals surface area contributed by atoms with Gasteiger partial charge in [0.1, 0.15) is 0 Å². The second kappa shape index (κ2) is 8.38. The van der Waals surface area contributed by atoms with Crippen molar-refractivity contribution >= 4 is 11.8 Å². The minimum Gasteiger partial charge on any atom is -0.342 e. The van der Waals surface area contributed by atoms with Crippen molar-refractivity contribution in [1.29, 1.82) is 0 Å². The molecular formula is C18H27N5O2. The molecule has 7 nitrogen and oxygen atoms in total. The van der Waals surface area contributed by atoms with Crippen molar-refractivity contribution in [2.24, 2.45) is 11.7 Å². The van der Waals surface area contributed by atoms with Crippen LogP contribution in [0.15, 0.2) is 18.6 Å². The lowest BCUT2D eigenvalue weighted by atomic mass is 9.83. The molecule has 0 saturated carbocycles. The lowest BCUT2D eigenvalue weighted by Crippen LogP contribution is -2.57. The molecule has 0 radical (unpaired) electrons. The van der Waals surface area contributed by atoms with E-state index in [0.29, 0.717) is 31.7 Å². The molecule has 3 heterocycles. The maximum absolute atomic E-state index is 12.5. The van der Waals surface area contributed by atoms with Gasteiger partial charge in [-0.05, 0) is 38.1 Å². The van der Waals surface area contributed by atoms with Crippen LogP contribution in [-0.4, -0.2) is 63.8 Å². The number of likely N-dealkylation sites (tertiary alicyclic amines) is 2. The molecule has 136 valence electrons. The number of nitrogens with zero attached hydrogens (tertiary/aromatic N) is 4. The Bertz CT molecular complexity index is 594. The normalized spacial score (nSPS) is 23.5. The maximum atomic E-state index is 12.5. The average Bonchev–Trinajstić information content (AvgIpc) is 2.66. The lowest BCUT2D eigenvalue weighted by molar-refractivity contribution is -0.144. The molecule has 7 heteroatoms. The summed E-state index contributed by atoms with van der Waals surface area (Å²) in [7, 11) is 0.